The van der Waals surface area contributed by atoms with Crippen molar-refractivity contribution >= 4 is 11.7 Å². The number of carbonyl (C=O) groups is 1. The number of aryl methyl sites for hydroxylation is 1. The summed E-state index contributed by atoms with van der Waals surface area (Å²) in [6, 6.07) is 7.50. The van der Waals surface area contributed by atoms with E-state index in [9.17, 15) is 4.79 Å². The zero-order valence-corrected chi connectivity index (χ0v) is 14.6. The van der Waals surface area contributed by atoms with Crippen molar-refractivity contribution < 1.29 is 4.79 Å². The molecular weight excluding hydrogens is 316 g/mol. The highest BCUT2D eigenvalue weighted by Gasteiger charge is 2.32. The third-order valence-electron chi connectivity index (χ3n) is 4.43. The van der Waals surface area contributed by atoms with Gasteiger partial charge < -0.3 is 9.80 Å². The summed E-state index contributed by atoms with van der Waals surface area (Å²) in [5, 5.41) is 17.5. The zero-order chi connectivity index (χ0) is 18.0. The Balaban J connectivity index is 1.84. The third kappa shape index (κ3) is 3.29. The van der Waals surface area contributed by atoms with Gasteiger partial charge in [-0.15, -0.1) is 5.10 Å². The van der Waals surface area contributed by atoms with Crippen LogP contribution in [0, 0.1) is 18.3 Å². The van der Waals surface area contributed by atoms with Crippen molar-refractivity contribution in [3.8, 4) is 6.07 Å². The van der Waals surface area contributed by atoms with Gasteiger partial charge in [0.1, 0.15) is 11.8 Å². The predicted molar refractivity (Wildman–Crippen MR) is 93.1 cm³/mol. The standard InChI is InChI=1S/C18H20N6O/c1-12-9-15(20-11-13(12)10-19)18(25)24-8-4-5-16(24)14-6-7-17(22-21-14)23(2)3/h6-7,9,11,16H,4-5,8H2,1-3H3. The Morgan fingerprint density at radius 2 is 2.16 bits per heavy atom. The fourth-order valence-electron chi connectivity index (χ4n) is 3.01. The molecule has 7 heteroatoms. The summed E-state index contributed by atoms with van der Waals surface area (Å²) in [6.07, 6.45) is 3.24. The molecule has 1 fully saturated rings. The van der Waals surface area contributed by atoms with Crippen molar-refractivity contribution in [3.63, 3.8) is 0 Å². The molecular formula is C18H20N6O. The lowest BCUT2D eigenvalue weighted by Crippen LogP contribution is -2.32. The number of hydrogen-bond donors (Lipinski definition) is 0. The third-order valence-corrected chi connectivity index (χ3v) is 4.43. The van der Waals surface area contributed by atoms with Crippen molar-refractivity contribution in [1.29, 1.82) is 5.26 Å². The molecule has 0 aliphatic carbocycles. The maximum absolute atomic E-state index is 12.9. The lowest BCUT2D eigenvalue weighted by Gasteiger charge is -2.24. The topological polar surface area (TPSA) is 86.0 Å². The molecule has 1 unspecified atom stereocenters. The highest BCUT2D eigenvalue weighted by Crippen LogP contribution is 2.32. The summed E-state index contributed by atoms with van der Waals surface area (Å²) in [5.74, 6) is 0.651. The molecule has 2 aromatic heterocycles. The van der Waals surface area contributed by atoms with E-state index in [1.807, 2.05) is 38.1 Å². The highest BCUT2D eigenvalue weighted by molar-refractivity contribution is 5.93. The van der Waals surface area contributed by atoms with E-state index in [1.54, 1.807) is 11.0 Å². The van der Waals surface area contributed by atoms with Crippen molar-refractivity contribution in [3.05, 3.63) is 46.9 Å². The molecule has 7 nitrogen and oxygen atoms in total. The molecule has 0 saturated carbocycles. The average Bonchev–Trinajstić information content (AvgIpc) is 3.10. The molecule has 1 aliphatic rings. The van der Waals surface area contributed by atoms with E-state index in [-0.39, 0.29) is 11.9 Å². The monoisotopic (exact) mass is 336 g/mol. The van der Waals surface area contributed by atoms with Crippen LogP contribution in [0.1, 0.15) is 46.2 Å². The smallest absolute Gasteiger partial charge is 0.273 e. The van der Waals surface area contributed by atoms with Gasteiger partial charge in [0.05, 0.1) is 17.3 Å². The Kier molecular flexibility index (Phi) is 4.61. The van der Waals surface area contributed by atoms with Gasteiger partial charge in [-0.2, -0.15) is 10.4 Å². The number of aromatic nitrogens is 3. The SMILES string of the molecule is Cc1cc(C(=O)N2CCCC2c2ccc(N(C)C)nn2)ncc1C#N. The molecule has 3 heterocycles. The molecule has 0 radical (unpaired) electrons. The van der Waals surface area contributed by atoms with Crippen LogP contribution in [0.5, 0.6) is 0 Å². The summed E-state index contributed by atoms with van der Waals surface area (Å²) in [5.41, 5.74) is 2.40. The molecule has 0 spiro atoms. The van der Waals surface area contributed by atoms with Crippen LogP contribution >= 0.6 is 0 Å². The van der Waals surface area contributed by atoms with Crippen molar-refractivity contribution in [2.45, 2.75) is 25.8 Å². The van der Waals surface area contributed by atoms with Gasteiger partial charge in [0.15, 0.2) is 5.82 Å². The van der Waals surface area contributed by atoms with Gasteiger partial charge in [-0.05, 0) is 43.5 Å². The first kappa shape index (κ1) is 16.8. The van der Waals surface area contributed by atoms with E-state index >= 15 is 0 Å². The van der Waals surface area contributed by atoms with Gasteiger partial charge in [-0.3, -0.25) is 4.79 Å². The maximum Gasteiger partial charge on any atom is 0.273 e. The molecule has 128 valence electrons. The number of pyridine rings is 1. The van der Waals surface area contributed by atoms with Crippen molar-refractivity contribution in [2.75, 3.05) is 25.5 Å². The molecule has 25 heavy (non-hydrogen) atoms. The van der Waals surface area contributed by atoms with Crippen molar-refractivity contribution in [1.82, 2.24) is 20.1 Å². The minimum atomic E-state index is -0.131. The van der Waals surface area contributed by atoms with E-state index in [0.717, 1.165) is 29.9 Å². The first-order chi connectivity index (χ1) is 12.0. The number of hydrogen-bond acceptors (Lipinski definition) is 6. The number of likely N-dealkylation sites (tertiary alicyclic amines) is 1. The van der Waals surface area contributed by atoms with Gasteiger partial charge in [-0.25, -0.2) is 4.98 Å². The Bertz CT molecular complexity index is 824. The van der Waals surface area contributed by atoms with Gasteiger partial charge in [-0.1, -0.05) is 0 Å². The molecule has 1 atom stereocenters. The van der Waals surface area contributed by atoms with Gasteiger partial charge in [0.2, 0.25) is 0 Å². The predicted octanol–water partition coefficient (Wildman–Crippen LogP) is 2.09. The van der Waals surface area contributed by atoms with Crippen molar-refractivity contribution in [2.24, 2.45) is 0 Å². The molecule has 2 aromatic rings. The summed E-state index contributed by atoms with van der Waals surface area (Å²) in [6.45, 7) is 2.48. The minimum absolute atomic E-state index is 0.0889. The van der Waals surface area contributed by atoms with Crippen LogP contribution in [0.2, 0.25) is 0 Å². The van der Waals surface area contributed by atoms with Crippen LogP contribution in [0.25, 0.3) is 0 Å². The van der Waals surface area contributed by atoms with Crippen LogP contribution in [0.4, 0.5) is 5.82 Å². The summed E-state index contributed by atoms with van der Waals surface area (Å²) in [7, 11) is 3.82. The molecule has 0 aromatic carbocycles. The lowest BCUT2D eigenvalue weighted by atomic mass is 10.1. The number of nitrogens with zero attached hydrogens (tertiary/aromatic N) is 6. The molecule has 1 saturated heterocycles. The Morgan fingerprint density at radius 1 is 1.36 bits per heavy atom. The van der Waals surface area contributed by atoms with E-state index < -0.39 is 0 Å². The van der Waals surface area contributed by atoms with Crippen LogP contribution in [0.15, 0.2) is 24.4 Å². The molecule has 0 bridgehead atoms. The summed E-state index contributed by atoms with van der Waals surface area (Å²) >= 11 is 0. The second kappa shape index (κ2) is 6.85. The van der Waals surface area contributed by atoms with Crippen LogP contribution < -0.4 is 4.90 Å². The zero-order valence-electron chi connectivity index (χ0n) is 14.6. The lowest BCUT2D eigenvalue weighted by molar-refractivity contribution is 0.0726. The Morgan fingerprint density at radius 3 is 2.76 bits per heavy atom. The molecule has 0 N–H and O–H groups in total. The second-order valence-corrected chi connectivity index (χ2v) is 6.36. The molecule has 1 amide bonds. The summed E-state index contributed by atoms with van der Waals surface area (Å²) < 4.78 is 0. The second-order valence-electron chi connectivity index (χ2n) is 6.36. The van der Waals surface area contributed by atoms with Crippen LogP contribution in [-0.2, 0) is 0 Å². The van der Waals surface area contributed by atoms with E-state index in [4.69, 9.17) is 5.26 Å². The quantitative estimate of drug-likeness (QED) is 0.853. The number of amides is 1. The first-order valence-electron chi connectivity index (χ1n) is 8.20. The molecule has 1 aliphatic heterocycles. The number of anilines is 1. The fourth-order valence-corrected chi connectivity index (χ4v) is 3.01. The van der Waals surface area contributed by atoms with Crippen LogP contribution in [-0.4, -0.2) is 46.6 Å². The fraction of sp³-hybridized carbons (Fsp3) is 0.389. The van der Waals surface area contributed by atoms with Gasteiger partial charge >= 0.3 is 0 Å². The van der Waals surface area contributed by atoms with Crippen LogP contribution in [0.3, 0.4) is 0 Å². The number of nitriles is 1. The Hall–Kier alpha value is -3.01. The number of rotatable bonds is 3. The first-order valence-corrected chi connectivity index (χ1v) is 8.20. The van der Waals surface area contributed by atoms with Gasteiger partial charge in [0, 0.05) is 26.8 Å². The normalized spacial score (nSPS) is 16.6. The number of carbonyl (C=O) groups excluding carboxylic acids is 1. The maximum atomic E-state index is 12.9. The summed E-state index contributed by atoms with van der Waals surface area (Å²) in [4.78, 5) is 20.7. The minimum Gasteiger partial charge on any atom is -0.361 e. The Labute approximate surface area is 146 Å². The largest absolute Gasteiger partial charge is 0.361 e. The average molecular weight is 336 g/mol. The van der Waals surface area contributed by atoms with E-state index in [0.29, 0.717) is 17.8 Å². The van der Waals surface area contributed by atoms with E-state index in [1.165, 1.54) is 6.20 Å². The molecule has 3 rings (SSSR count). The highest BCUT2D eigenvalue weighted by atomic mass is 16.2. The van der Waals surface area contributed by atoms with E-state index in [2.05, 4.69) is 21.3 Å². The van der Waals surface area contributed by atoms with Gasteiger partial charge in [0.25, 0.3) is 5.91 Å².